The molecule has 4 nitrogen and oxygen atoms in total. The van der Waals surface area contributed by atoms with Gasteiger partial charge in [0.05, 0.1) is 0 Å². The van der Waals surface area contributed by atoms with Gasteiger partial charge < -0.3 is 0 Å². The van der Waals surface area contributed by atoms with Crippen LogP contribution in [0.4, 0.5) is 0 Å². The van der Waals surface area contributed by atoms with Crippen molar-refractivity contribution in [2.24, 2.45) is 0 Å². The molecule has 7 rings (SSSR count). The summed E-state index contributed by atoms with van der Waals surface area (Å²) in [5, 5.41) is 0. The summed E-state index contributed by atoms with van der Waals surface area (Å²) < 4.78 is 20.6. The van der Waals surface area contributed by atoms with Crippen molar-refractivity contribution in [1.82, 2.24) is 15.9 Å². The van der Waals surface area contributed by atoms with Crippen LogP contribution in [0, 0.1) is 13.8 Å². The van der Waals surface area contributed by atoms with Crippen LogP contribution in [0.15, 0.2) is 24.3 Å². The molecule has 0 radical (unpaired) electrons. The predicted octanol–water partition coefficient (Wildman–Crippen LogP) is 12.7. The van der Waals surface area contributed by atoms with Crippen molar-refractivity contribution in [1.29, 1.82) is 0 Å². The van der Waals surface area contributed by atoms with Crippen LogP contribution in [0.25, 0.3) is 44.3 Å². The molecule has 0 aliphatic heterocycles. The predicted molar refractivity (Wildman–Crippen MR) is 223 cm³/mol. The molecule has 2 heterocycles. The van der Waals surface area contributed by atoms with Crippen LogP contribution < -0.4 is 0 Å². The zero-order chi connectivity index (χ0) is 36.3. The number of aromatic nitrogens is 4. The van der Waals surface area contributed by atoms with Crippen LogP contribution >= 0.6 is 0 Å². The fourth-order valence-corrected chi connectivity index (χ4v) is 12.9. The van der Waals surface area contributed by atoms with Crippen molar-refractivity contribution in [3.05, 3.63) is 57.6 Å². The fourth-order valence-electron chi connectivity index (χ4n) is 10.3. The number of rotatable bonds is 20. The van der Waals surface area contributed by atoms with Crippen molar-refractivity contribution >= 4 is 52.0 Å². The average molecular weight is 829 g/mol. The van der Waals surface area contributed by atoms with Gasteiger partial charge in [-0.2, -0.15) is 0 Å². The summed E-state index contributed by atoms with van der Waals surface area (Å²) in [5.74, 6) is 0. The Kier molecular flexibility index (Phi) is 12.3. The molecule has 2 aliphatic carbocycles. The monoisotopic (exact) mass is 830 g/mol. The molecule has 0 atom stereocenters. The van der Waals surface area contributed by atoms with E-state index in [4.69, 9.17) is 15.9 Å². The van der Waals surface area contributed by atoms with Crippen LogP contribution in [-0.2, 0) is 10.8 Å². The maximum atomic E-state index is 5.25. The minimum absolute atomic E-state index is 0.0130. The molecule has 0 saturated carbocycles. The van der Waals surface area contributed by atoms with Crippen LogP contribution in [0.2, 0.25) is 0 Å². The van der Waals surface area contributed by atoms with E-state index in [0.717, 1.165) is 0 Å². The van der Waals surface area contributed by atoms with Crippen molar-refractivity contribution in [2.45, 2.75) is 181 Å². The summed E-state index contributed by atoms with van der Waals surface area (Å²) >= 11 is -0.119. The van der Waals surface area contributed by atoms with Crippen LogP contribution in [0.1, 0.15) is 189 Å². The van der Waals surface area contributed by atoms with Gasteiger partial charge in [0.2, 0.25) is 0 Å². The Morgan fingerprint density at radius 1 is 0.404 bits per heavy atom. The number of fused-ring (bicyclic) bond motifs is 10. The van der Waals surface area contributed by atoms with E-state index >= 15 is 0 Å². The number of nitrogens with zero attached hydrogens (tertiary/aromatic N) is 4. The molecular formula is C46H62N4Se2. The van der Waals surface area contributed by atoms with Crippen molar-refractivity contribution < 1.29 is 0 Å². The molecule has 0 unspecified atom stereocenters. The van der Waals surface area contributed by atoms with E-state index in [1.165, 1.54) is 184 Å². The van der Waals surface area contributed by atoms with Gasteiger partial charge in [-0.3, -0.25) is 0 Å². The maximum absolute atomic E-state index is 5.25. The first-order valence-corrected chi connectivity index (χ1v) is 24.2. The third kappa shape index (κ3) is 6.65. The first-order valence-electron chi connectivity index (χ1n) is 21.2. The van der Waals surface area contributed by atoms with E-state index in [2.05, 4.69) is 65.8 Å². The molecule has 0 fully saturated rings. The van der Waals surface area contributed by atoms with Gasteiger partial charge in [0, 0.05) is 0 Å². The third-order valence-corrected chi connectivity index (χ3v) is 15.3. The van der Waals surface area contributed by atoms with E-state index in [9.17, 15) is 0 Å². The topological polar surface area (TPSA) is 51.6 Å². The molecule has 5 aromatic rings. The molecule has 0 N–H and O–H groups in total. The third-order valence-electron chi connectivity index (χ3n) is 13.0. The first-order chi connectivity index (χ1) is 25.5. The van der Waals surface area contributed by atoms with Gasteiger partial charge in [-0.15, -0.1) is 0 Å². The number of benzene rings is 3. The minimum atomic E-state index is -0.0595. The van der Waals surface area contributed by atoms with E-state index in [1.54, 1.807) is 22.3 Å². The molecule has 0 amide bonds. The second kappa shape index (κ2) is 16.7. The second-order valence-corrected chi connectivity index (χ2v) is 18.7. The first kappa shape index (κ1) is 38.2. The zero-order valence-corrected chi connectivity index (χ0v) is 36.5. The molecular weight excluding hydrogens is 766 g/mol. The quantitative estimate of drug-likeness (QED) is 0.0579. The number of unbranched alkanes of at least 4 members (excludes halogenated alkanes) is 12. The van der Waals surface area contributed by atoms with Crippen LogP contribution in [-0.4, -0.2) is 45.8 Å². The molecule has 6 heteroatoms. The van der Waals surface area contributed by atoms with Gasteiger partial charge >= 0.3 is 329 Å². The number of hydrogen-bond acceptors (Lipinski definition) is 4. The fraction of sp³-hybridized carbons (Fsp3) is 0.609. The molecule has 3 aromatic carbocycles. The average Bonchev–Trinajstić information content (AvgIpc) is 3.93. The zero-order valence-electron chi connectivity index (χ0n) is 33.1. The molecule has 0 spiro atoms. The Morgan fingerprint density at radius 2 is 0.731 bits per heavy atom. The van der Waals surface area contributed by atoms with Gasteiger partial charge in [0.1, 0.15) is 0 Å². The Labute approximate surface area is 326 Å². The normalized spacial score (nSPS) is 15.0. The van der Waals surface area contributed by atoms with E-state index in [0.29, 0.717) is 0 Å². The number of hydrogen-bond donors (Lipinski definition) is 0. The summed E-state index contributed by atoms with van der Waals surface area (Å²) in [6, 6.07) is 10.7. The van der Waals surface area contributed by atoms with E-state index in [1.807, 2.05) is 0 Å². The Morgan fingerprint density at radius 3 is 1.06 bits per heavy atom. The van der Waals surface area contributed by atoms with Gasteiger partial charge in [-0.05, 0) is 0 Å². The summed E-state index contributed by atoms with van der Waals surface area (Å²) in [4.78, 5) is 0. The van der Waals surface area contributed by atoms with Crippen molar-refractivity contribution in [3.8, 4) is 22.3 Å². The summed E-state index contributed by atoms with van der Waals surface area (Å²) in [6.45, 7) is 14.0. The standard InChI is InChI=1S/C46H62N4Se2/c1-7-11-15-19-23-45(24-20-16-12-8-2)35-29-34-36(30-33(35)39-37(45)27-31(5)41-43(39)49-51-47-41)46(25-21-17-13-9-3,26-22-18-14-10-4)38-28-32(6)42-44(40(34)38)50-52-48-42/h27-30H,7-26H2,1-6H3. The van der Waals surface area contributed by atoms with Gasteiger partial charge in [-0.25, -0.2) is 0 Å². The van der Waals surface area contributed by atoms with Gasteiger partial charge in [-0.1, -0.05) is 0 Å². The molecule has 52 heavy (non-hydrogen) atoms. The second-order valence-electron chi connectivity index (χ2n) is 16.5. The van der Waals surface area contributed by atoms with E-state index < -0.39 is 0 Å². The van der Waals surface area contributed by atoms with Gasteiger partial charge in [0.25, 0.3) is 0 Å². The Hall–Kier alpha value is -2.10. The molecule has 0 saturated heterocycles. The van der Waals surface area contributed by atoms with Crippen LogP contribution in [0.3, 0.4) is 0 Å². The van der Waals surface area contributed by atoms with Gasteiger partial charge in [0.15, 0.2) is 0 Å². The Bertz CT molecular complexity index is 1830. The molecule has 2 aliphatic rings. The molecule has 2 aromatic heterocycles. The van der Waals surface area contributed by atoms with Crippen molar-refractivity contribution in [3.63, 3.8) is 0 Å². The molecule has 0 bridgehead atoms. The summed E-state index contributed by atoms with van der Waals surface area (Å²) in [5.41, 5.74) is 19.6. The SMILES string of the molecule is CCCCCCC1(CCCCCC)c2cc3c(cc2-c2c1cc(C)c1n[se]nc21)C(CCCCCC)(CCCCCC)c1cc(C)c2n[se]nc2c1-3. The number of aryl methyl sites for hydroxylation is 2. The molecule has 278 valence electrons. The van der Waals surface area contributed by atoms with E-state index in [-0.39, 0.29) is 40.8 Å². The van der Waals surface area contributed by atoms with Crippen LogP contribution in [0.5, 0.6) is 0 Å². The Balaban J connectivity index is 1.51. The summed E-state index contributed by atoms with van der Waals surface area (Å²) in [6.07, 6.45) is 25.6. The summed E-state index contributed by atoms with van der Waals surface area (Å²) in [7, 11) is 0. The van der Waals surface area contributed by atoms with Crippen molar-refractivity contribution in [2.75, 3.05) is 0 Å².